The van der Waals surface area contributed by atoms with Crippen LogP contribution in [0.15, 0.2) is 42.7 Å². The SMILES string of the molecule is Cc1ccc(OCC(=O)NC(C)c2ccncc2)cc1C. The van der Waals surface area contributed by atoms with Crippen molar-refractivity contribution in [3.63, 3.8) is 0 Å². The topological polar surface area (TPSA) is 51.2 Å². The van der Waals surface area contributed by atoms with Gasteiger partial charge in [0.05, 0.1) is 6.04 Å². The molecule has 1 heterocycles. The van der Waals surface area contributed by atoms with E-state index >= 15 is 0 Å². The summed E-state index contributed by atoms with van der Waals surface area (Å²) in [5, 5.41) is 2.90. The van der Waals surface area contributed by atoms with Gasteiger partial charge in [-0.05, 0) is 61.7 Å². The van der Waals surface area contributed by atoms with Crippen molar-refractivity contribution < 1.29 is 9.53 Å². The fraction of sp³-hybridized carbons (Fsp3) is 0.294. The number of carbonyl (C=O) groups excluding carboxylic acids is 1. The molecule has 110 valence electrons. The molecule has 0 radical (unpaired) electrons. The Morgan fingerprint density at radius 2 is 1.90 bits per heavy atom. The minimum Gasteiger partial charge on any atom is -0.484 e. The summed E-state index contributed by atoms with van der Waals surface area (Å²) in [6.07, 6.45) is 3.42. The van der Waals surface area contributed by atoms with Crippen LogP contribution in [0.3, 0.4) is 0 Å². The molecule has 1 atom stereocenters. The molecule has 0 spiro atoms. The largest absolute Gasteiger partial charge is 0.484 e. The quantitative estimate of drug-likeness (QED) is 0.918. The van der Waals surface area contributed by atoms with Crippen LogP contribution < -0.4 is 10.1 Å². The van der Waals surface area contributed by atoms with Gasteiger partial charge in [0.15, 0.2) is 6.61 Å². The molecule has 0 saturated carbocycles. The molecule has 1 amide bonds. The number of amides is 1. The van der Waals surface area contributed by atoms with E-state index in [4.69, 9.17) is 4.74 Å². The zero-order valence-electron chi connectivity index (χ0n) is 12.6. The van der Waals surface area contributed by atoms with Gasteiger partial charge in [0, 0.05) is 12.4 Å². The lowest BCUT2D eigenvalue weighted by molar-refractivity contribution is -0.123. The van der Waals surface area contributed by atoms with Gasteiger partial charge in [0.25, 0.3) is 5.91 Å². The van der Waals surface area contributed by atoms with Gasteiger partial charge in [-0.15, -0.1) is 0 Å². The molecule has 4 heteroatoms. The van der Waals surface area contributed by atoms with Crippen LogP contribution in [0.5, 0.6) is 5.75 Å². The number of hydrogen-bond acceptors (Lipinski definition) is 3. The van der Waals surface area contributed by atoms with Gasteiger partial charge in [0.2, 0.25) is 0 Å². The van der Waals surface area contributed by atoms with E-state index in [0.29, 0.717) is 5.75 Å². The van der Waals surface area contributed by atoms with Crippen LogP contribution >= 0.6 is 0 Å². The van der Waals surface area contributed by atoms with Crippen molar-refractivity contribution in [1.29, 1.82) is 0 Å². The van der Waals surface area contributed by atoms with Crippen LogP contribution in [0, 0.1) is 13.8 Å². The lowest BCUT2D eigenvalue weighted by Gasteiger charge is -2.14. The summed E-state index contributed by atoms with van der Waals surface area (Å²) in [4.78, 5) is 15.9. The van der Waals surface area contributed by atoms with Gasteiger partial charge in [-0.3, -0.25) is 9.78 Å². The van der Waals surface area contributed by atoms with Crippen molar-refractivity contribution in [2.45, 2.75) is 26.8 Å². The van der Waals surface area contributed by atoms with E-state index < -0.39 is 0 Å². The summed E-state index contributed by atoms with van der Waals surface area (Å²) < 4.78 is 5.52. The van der Waals surface area contributed by atoms with Crippen LogP contribution in [0.4, 0.5) is 0 Å². The molecule has 0 saturated heterocycles. The number of nitrogens with zero attached hydrogens (tertiary/aromatic N) is 1. The average Bonchev–Trinajstić information content (AvgIpc) is 2.49. The molecular formula is C17H20N2O2. The molecule has 21 heavy (non-hydrogen) atoms. The second kappa shape index (κ2) is 6.88. The number of aryl methyl sites for hydroxylation is 2. The summed E-state index contributed by atoms with van der Waals surface area (Å²) in [5.41, 5.74) is 3.38. The Balaban J connectivity index is 1.86. The molecular weight excluding hydrogens is 264 g/mol. The number of benzene rings is 1. The second-order valence-corrected chi connectivity index (χ2v) is 5.10. The Morgan fingerprint density at radius 3 is 2.57 bits per heavy atom. The average molecular weight is 284 g/mol. The van der Waals surface area contributed by atoms with Crippen LogP contribution in [0.25, 0.3) is 0 Å². The predicted octanol–water partition coefficient (Wildman–Crippen LogP) is 2.95. The Morgan fingerprint density at radius 1 is 1.19 bits per heavy atom. The normalized spacial score (nSPS) is 11.8. The summed E-state index contributed by atoms with van der Waals surface area (Å²) in [6, 6.07) is 9.51. The van der Waals surface area contributed by atoms with Gasteiger partial charge >= 0.3 is 0 Å². The van der Waals surface area contributed by atoms with Crippen molar-refractivity contribution in [3.8, 4) is 5.75 Å². The molecule has 2 aromatic rings. The highest BCUT2D eigenvalue weighted by Gasteiger charge is 2.10. The minimum atomic E-state index is -0.141. The van der Waals surface area contributed by atoms with Crippen LogP contribution in [0.2, 0.25) is 0 Å². The number of ether oxygens (including phenoxy) is 1. The number of nitrogens with one attached hydrogen (secondary N) is 1. The fourth-order valence-corrected chi connectivity index (χ4v) is 1.97. The van der Waals surface area contributed by atoms with E-state index in [1.165, 1.54) is 5.56 Å². The number of aromatic nitrogens is 1. The Hall–Kier alpha value is -2.36. The van der Waals surface area contributed by atoms with E-state index in [9.17, 15) is 4.79 Å². The van der Waals surface area contributed by atoms with Crippen molar-refractivity contribution >= 4 is 5.91 Å². The molecule has 0 aliphatic carbocycles. The van der Waals surface area contributed by atoms with Gasteiger partial charge in [-0.2, -0.15) is 0 Å². The molecule has 1 unspecified atom stereocenters. The number of rotatable bonds is 5. The highest BCUT2D eigenvalue weighted by Crippen LogP contribution is 2.16. The molecule has 0 aliphatic rings. The Bertz CT molecular complexity index is 611. The maximum atomic E-state index is 11.9. The van der Waals surface area contributed by atoms with Gasteiger partial charge < -0.3 is 10.1 Å². The maximum absolute atomic E-state index is 11.9. The van der Waals surface area contributed by atoms with E-state index in [-0.39, 0.29) is 18.6 Å². The fourth-order valence-electron chi connectivity index (χ4n) is 1.97. The highest BCUT2D eigenvalue weighted by atomic mass is 16.5. The van der Waals surface area contributed by atoms with Crippen LogP contribution in [0.1, 0.15) is 29.7 Å². The predicted molar refractivity (Wildman–Crippen MR) is 82.2 cm³/mol. The summed E-state index contributed by atoms with van der Waals surface area (Å²) in [7, 11) is 0. The first-order valence-corrected chi connectivity index (χ1v) is 6.95. The van der Waals surface area contributed by atoms with E-state index in [2.05, 4.69) is 10.3 Å². The van der Waals surface area contributed by atoms with Crippen molar-refractivity contribution in [1.82, 2.24) is 10.3 Å². The van der Waals surface area contributed by atoms with Gasteiger partial charge in [-0.25, -0.2) is 0 Å². The van der Waals surface area contributed by atoms with Crippen LogP contribution in [-0.4, -0.2) is 17.5 Å². The Labute approximate surface area is 125 Å². The monoisotopic (exact) mass is 284 g/mol. The molecule has 0 aliphatic heterocycles. The second-order valence-electron chi connectivity index (χ2n) is 5.10. The smallest absolute Gasteiger partial charge is 0.258 e. The number of hydrogen-bond donors (Lipinski definition) is 1. The zero-order valence-corrected chi connectivity index (χ0v) is 12.6. The number of pyridine rings is 1. The number of carbonyl (C=O) groups is 1. The molecule has 1 aromatic carbocycles. The standard InChI is InChI=1S/C17H20N2O2/c1-12-4-5-16(10-13(12)2)21-11-17(20)19-14(3)15-6-8-18-9-7-15/h4-10,14H,11H2,1-3H3,(H,19,20). The highest BCUT2D eigenvalue weighted by molar-refractivity contribution is 5.78. The van der Waals surface area contributed by atoms with Crippen LogP contribution in [-0.2, 0) is 4.79 Å². The summed E-state index contributed by atoms with van der Waals surface area (Å²) in [5.74, 6) is 0.572. The summed E-state index contributed by atoms with van der Waals surface area (Å²) in [6.45, 7) is 6.01. The minimum absolute atomic E-state index is 0.0118. The maximum Gasteiger partial charge on any atom is 0.258 e. The lowest BCUT2D eigenvalue weighted by atomic mass is 10.1. The molecule has 2 rings (SSSR count). The van der Waals surface area contributed by atoms with E-state index in [0.717, 1.165) is 11.1 Å². The third-order valence-electron chi connectivity index (χ3n) is 3.43. The molecule has 1 N–H and O–H groups in total. The van der Waals surface area contributed by atoms with Crippen molar-refractivity contribution in [2.75, 3.05) is 6.61 Å². The first kappa shape index (κ1) is 15.0. The van der Waals surface area contributed by atoms with Crippen molar-refractivity contribution in [3.05, 3.63) is 59.4 Å². The molecule has 0 fully saturated rings. The molecule has 0 bridgehead atoms. The third-order valence-corrected chi connectivity index (χ3v) is 3.43. The van der Waals surface area contributed by atoms with E-state index in [1.807, 2.05) is 51.1 Å². The summed E-state index contributed by atoms with van der Waals surface area (Å²) >= 11 is 0. The Kier molecular flexibility index (Phi) is 4.93. The zero-order chi connectivity index (χ0) is 15.2. The van der Waals surface area contributed by atoms with Gasteiger partial charge in [-0.1, -0.05) is 6.07 Å². The molecule has 4 nitrogen and oxygen atoms in total. The van der Waals surface area contributed by atoms with Crippen molar-refractivity contribution in [2.24, 2.45) is 0 Å². The first-order valence-electron chi connectivity index (χ1n) is 6.95. The molecule has 1 aromatic heterocycles. The third kappa shape index (κ3) is 4.31. The lowest BCUT2D eigenvalue weighted by Crippen LogP contribution is -2.31. The van der Waals surface area contributed by atoms with E-state index in [1.54, 1.807) is 12.4 Å². The first-order chi connectivity index (χ1) is 10.1. The van der Waals surface area contributed by atoms with Gasteiger partial charge in [0.1, 0.15) is 5.75 Å².